The molecule has 3 aromatic heterocycles. The van der Waals surface area contributed by atoms with E-state index in [4.69, 9.17) is 19.4 Å². The van der Waals surface area contributed by atoms with E-state index in [0.717, 1.165) is 99.9 Å². The molecular weight excluding hydrogens is 841 g/mol. The van der Waals surface area contributed by atoms with E-state index in [1.807, 2.05) is 72.8 Å². The molecule has 12 aromatic rings. The zero-order valence-corrected chi connectivity index (χ0v) is 37.9. The Hall–Kier alpha value is -9.19. The van der Waals surface area contributed by atoms with Crippen LogP contribution in [-0.2, 0) is 0 Å². The average Bonchev–Trinajstić information content (AvgIpc) is 3.97. The number of rotatable bonds is 10. The second kappa shape index (κ2) is 17.6. The molecule has 0 saturated carbocycles. The summed E-state index contributed by atoms with van der Waals surface area (Å²) in [5.74, 6) is 1.76. The summed E-state index contributed by atoms with van der Waals surface area (Å²) < 4.78 is 9.22. The maximum atomic E-state index is 6.85. The van der Waals surface area contributed by atoms with Crippen LogP contribution in [0.3, 0.4) is 0 Å². The van der Waals surface area contributed by atoms with E-state index in [1.165, 1.54) is 10.8 Å². The normalized spacial score (nSPS) is 12.1. The number of fused-ring (bicyclic) bond motifs is 7. The van der Waals surface area contributed by atoms with Gasteiger partial charge in [0.15, 0.2) is 17.5 Å². The van der Waals surface area contributed by atoms with Crippen LogP contribution in [0.15, 0.2) is 248 Å². The van der Waals surface area contributed by atoms with Crippen molar-refractivity contribution in [3.05, 3.63) is 260 Å². The molecule has 0 aliphatic heterocycles. The molecule has 0 aliphatic rings. The third-order valence-corrected chi connectivity index (χ3v) is 13.0. The van der Waals surface area contributed by atoms with Gasteiger partial charge < -0.3 is 8.98 Å². The van der Waals surface area contributed by atoms with E-state index >= 15 is 0 Å². The Bertz CT molecular complexity index is 3890. The summed E-state index contributed by atoms with van der Waals surface area (Å²) in [4.78, 5) is 15.6. The number of allylic oxidation sites excluding steroid dienone is 5. The van der Waals surface area contributed by atoms with E-state index in [-0.39, 0.29) is 0 Å². The van der Waals surface area contributed by atoms with Gasteiger partial charge in [0.2, 0.25) is 0 Å². The third-order valence-electron chi connectivity index (χ3n) is 13.0. The lowest BCUT2D eigenvalue weighted by atomic mass is 9.89. The zero-order valence-electron chi connectivity index (χ0n) is 37.9. The number of nitrogens with zero attached hydrogens (tertiary/aromatic N) is 4. The third kappa shape index (κ3) is 7.53. The molecule has 69 heavy (non-hydrogen) atoms. The lowest BCUT2D eigenvalue weighted by Gasteiger charge is -2.16. The van der Waals surface area contributed by atoms with E-state index in [0.29, 0.717) is 17.5 Å². The number of aromatic nitrogens is 4. The Kier molecular flexibility index (Phi) is 10.5. The van der Waals surface area contributed by atoms with Crippen molar-refractivity contribution in [2.24, 2.45) is 0 Å². The van der Waals surface area contributed by atoms with Crippen molar-refractivity contribution in [3.63, 3.8) is 0 Å². The van der Waals surface area contributed by atoms with Crippen LogP contribution in [0.2, 0.25) is 0 Å². The summed E-state index contributed by atoms with van der Waals surface area (Å²) in [6, 6.07) is 77.8. The van der Waals surface area contributed by atoms with Gasteiger partial charge in [-0.25, -0.2) is 15.0 Å². The number of hydrogen-bond donors (Lipinski definition) is 0. The van der Waals surface area contributed by atoms with Gasteiger partial charge in [-0.15, -0.1) is 0 Å². The van der Waals surface area contributed by atoms with Crippen LogP contribution in [0, 0.1) is 0 Å². The van der Waals surface area contributed by atoms with Crippen molar-refractivity contribution in [3.8, 4) is 51.0 Å². The minimum atomic E-state index is 0.565. The first-order valence-electron chi connectivity index (χ1n) is 23.2. The van der Waals surface area contributed by atoms with E-state index in [2.05, 4.69) is 182 Å². The van der Waals surface area contributed by atoms with Gasteiger partial charge in [0.05, 0.1) is 16.4 Å². The molecule has 0 aliphatic carbocycles. The molecule has 12 rings (SSSR count). The molecule has 3 heterocycles. The lowest BCUT2D eigenvalue weighted by Crippen LogP contribution is -2.01. The van der Waals surface area contributed by atoms with E-state index in [9.17, 15) is 0 Å². The topological polar surface area (TPSA) is 56.7 Å². The zero-order chi connectivity index (χ0) is 46.3. The molecule has 0 saturated heterocycles. The van der Waals surface area contributed by atoms with Crippen molar-refractivity contribution in [2.75, 3.05) is 0 Å². The molecule has 0 fully saturated rings. The molecule has 0 atom stereocenters. The molecule has 5 nitrogen and oxygen atoms in total. The second-order valence-electron chi connectivity index (χ2n) is 17.1. The summed E-state index contributed by atoms with van der Waals surface area (Å²) in [5, 5.41) is 4.51. The monoisotopic (exact) mass is 884 g/mol. The Morgan fingerprint density at radius 2 is 1.04 bits per heavy atom. The molecule has 0 unspecified atom stereocenters. The summed E-state index contributed by atoms with van der Waals surface area (Å²) in [7, 11) is 0. The highest BCUT2D eigenvalue weighted by Gasteiger charge is 2.22. The Morgan fingerprint density at radius 3 is 1.71 bits per heavy atom. The van der Waals surface area contributed by atoms with Gasteiger partial charge in [-0.05, 0) is 106 Å². The maximum absolute atomic E-state index is 6.85. The SMILES string of the molecule is C=C(/C(=C\C(=C/C)c1ccc(-c2ccc3c(c2)oc2ccc4c5ccccc5n(-c5ccccc5)c4c23)c(-c2nc(-c3ccccc3)nc(-c3ccccc3)n2)c1)c1ccccc1)c1ccccc1. The smallest absolute Gasteiger partial charge is 0.164 e. The van der Waals surface area contributed by atoms with E-state index in [1.54, 1.807) is 0 Å². The maximum Gasteiger partial charge on any atom is 0.164 e. The second-order valence-corrected chi connectivity index (χ2v) is 17.1. The van der Waals surface area contributed by atoms with Gasteiger partial charge >= 0.3 is 0 Å². The summed E-state index contributed by atoms with van der Waals surface area (Å²) in [5.41, 5.74) is 15.8. The Morgan fingerprint density at radius 1 is 0.464 bits per heavy atom. The molecule has 326 valence electrons. The quantitative estimate of drug-likeness (QED) is 0.128. The summed E-state index contributed by atoms with van der Waals surface area (Å²) >= 11 is 0. The van der Waals surface area contributed by atoms with Gasteiger partial charge in [0.25, 0.3) is 0 Å². The number of hydrogen-bond acceptors (Lipinski definition) is 4. The molecule has 0 spiro atoms. The van der Waals surface area contributed by atoms with Gasteiger partial charge in [0.1, 0.15) is 11.2 Å². The summed E-state index contributed by atoms with van der Waals surface area (Å²) in [6.45, 7) is 6.72. The highest BCUT2D eigenvalue weighted by molar-refractivity contribution is 6.24. The molecule has 9 aromatic carbocycles. The van der Waals surface area contributed by atoms with Gasteiger partial charge in [-0.3, -0.25) is 0 Å². The van der Waals surface area contributed by atoms with Crippen molar-refractivity contribution >= 4 is 60.5 Å². The highest BCUT2D eigenvalue weighted by Crippen LogP contribution is 2.43. The van der Waals surface area contributed by atoms with E-state index < -0.39 is 0 Å². The fourth-order valence-electron chi connectivity index (χ4n) is 9.66. The molecule has 5 heteroatoms. The molecule has 0 amide bonds. The van der Waals surface area contributed by atoms with Gasteiger partial charge in [-0.1, -0.05) is 189 Å². The molecular formula is C64H44N4O. The van der Waals surface area contributed by atoms with Crippen LogP contribution in [0.1, 0.15) is 23.6 Å². The first kappa shape index (κ1) is 41.3. The standard InChI is InChI=1S/C64H44N4O/c1-3-43(39-55(45-23-11-5-12-24-45)42(2)44-21-9-4-10-22-44)48-33-35-51(56(40-48)64-66-62(46-25-13-6-14-26-46)65-63(67-64)47-27-15-7-16-28-47)49-34-36-54-59(41-49)69-58-38-37-53-52-31-19-20-32-57(52)68(61(53)60(54)58)50-29-17-8-18-30-50/h3-41H,2H2,1H3/b43-3+,55-39+. The van der Waals surface area contributed by atoms with Crippen LogP contribution >= 0.6 is 0 Å². The van der Waals surface area contributed by atoms with Crippen LogP contribution in [0.25, 0.3) is 111 Å². The van der Waals surface area contributed by atoms with Crippen LogP contribution in [0.4, 0.5) is 0 Å². The van der Waals surface area contributed by atoms with Crippen LogP contribution in [0.5, 0.6) is 0 Å². The van der Waals surface area contributed by atoms with Crippen molar-refractivity contribution in [2.45, 2.75) is 6.92 Å². The Balaban J connectivity index is 1.08. The van der Waals surface area contributed by atoms with Crippen molar-refractivity contribution < 1.29 is 4.42 Å². The number of para-hydroxylation sites is 2. The lowest BCUT2D eigenvalue weighted by molar-refractivity contribution is 0.669. The van der Waals surface area contributed by atoms with Crippen LogP contribution < -0.4 is 0 Å². The fourth-order valence-corrected chi connectivity index (χ4v) is 9.66. The summed E-state index contributed by atoms with van der Waals surface area (Å²) in [6.07, 6.45) is 4.41. The molecule has 0 radical (unpaired) electrons. The minimum Gasteiger partial charge on any atom is -0.456 e. The first-order valence-corrected chi connectivity index (χ1v) is 23.2. The predicted molar refractivity (Wildman–Crippen MR) is 287 cm³/mol. The number of benzene rings is 9. The van der Waals surface area contributed by atoms with Crippen molar-refractivity contribution in [1.29, 1.82) is 0 Å². The minimum absolute atomic E-state index is 0.565. The predicted octanol–water partition coefficient (Wildman–Crippen LogP) is 16.7. The van der Waals surface area contributed by atoms with Gasteiger partial charge in [-0.2, -0.15) is 0 Å². The van der Waals surface area contributed by atoms with Crippen molar-refractivity contribution in [1.82, 2.24) is 19.5 Å². The fraction of sp³-hybridized carbons (Fsp3) is 0.0156. The molecule has 0 N–H and O–H groups in total. The largest absolute Gasteiger partial charge is 0.456 e. The van der Waals surface area contributed by atoms with Crippen LogP contribution in [-0.4, -0.2) is 19.5 Å². The average molecular weight is 885 g/mol. The highest BCUT2D eigenvalue weighted by atomic mass is 16.3. The first-order chi connectivity index (χ1) is 34.1. The van der Waals surface area contributed by atoms with Gasteiger partial charge in [0, 0.05) is 38.5 Å². The number of furan rings is 1. The molecule has 0 bridgehead atoms. The Labute approximate surface area is 400 Å².